The van der Waals surface area contributed by atoms with Crippen LogP contribution in [0.25, 0.3) is 5.69 Å². The van der Waals surface area contributed by atoms with Crippen molar-refractivity contribution < 1.29 is 14.1 Å². The van der Waals surface area contributed by atoms with E-state index in [0.717, 1.165) is 34.1 Å². The first-order chi connectivity index (χ1) is 17.4. The van der Waals surface area contributed by atoms with Crippen LogP contribution in [-0.4, -0.2) is 31.6 Å². The van der Waals surface area contributed by atoms with Crippen molar-refractivity contribution in [3.8, 4) is 11.4 Å². The van der Waals surface area contributed by atoms with Gasteiger partial charge in [-0.1, -0.05) is 6.07 Å². The van der Waals surface area contributed by atoms with Crippen molar-refractivity contribution >= 4 is 23.0 Å². The van der Waals surface area contributed by atoms with Crippen LogP contribution in [0.2, 0.25) is 0 Å². The molecule has 1 saturated heterocycles. The van der Waals surface area contributed by atoms with E-state index < -0.39 is 4.92 Å². The van der Waals surface area contributed by atoms with E-state index in [2.05, 4.69) is 25.8 Å². The zero-order valence-corrected chi connectivity index (χ0v) is 20.9. The van der Waals surface area contributed by atoms with Crippen LogP contribution in [-0.2, 0) is 6.54 Å². The molecule has 10 heteroatoms. The van der Waals surface area contributed by atoms with Crippen molar-refractivity contribution in [2.75, 3.05) is 7.11 Å². The molecular weight excluding hydrogens is 478 g/mol. The Bertz CT molecular complexity index is 1420. The molecule has 36 heavy (non-hydrogen) atoms. The first kappa shape index (κ1) is 23.6. The highest BCUT2D eigenvalue weighted by molar-refractivity contribution is 7.80. The van der Waals surface area contributed by atoms with Crippen LogP contribution in [0.4, 0.5) is 5.69 Å². The summed E-state index contributed by atoms with van der Waals surface area (Å²) in [6.07, 6.45) is 3.43. The maximum absolute atomic E-state index is 11.3. The highest BCUT2D eigenvalue weighted by atomic mass is 32.1. The standard InChI is InChI=1S/C26H25N5O4S/c1-16-13-20(17(2)30(16)22-10-9-18(31(32)33)14-23(22)34-3)25-24(21-8-4-5-11-27-21)28-26(36)29(25)15-19-7-6-12-35-19/h4-14,24-25H,15H2,1-3H3,(H,28,36). The molecule has 2 unspecified atom stereocenters. The fourth-order valence-electron chi connectivity index (χ4n) is 4.91. The minimum absolute atomic E-state index is 0.0246. The number of rotatable bonds is 7. The van der Waals surface area contributed by atoms with E-state index in [4.69, 9.17) is 21.4 Å². The minimum Gasteiger partial charge on any atom is -0.494 e. The number of benzene rings is 1. The molecule has 2 atom stereocenters. The molecule has 5 rings (SSSR count). The Balaban J connectivity index is 1.63. The van der Waals surface area contributed by atoms with Crippen molar-refractivity contribution in [1.82, 2.24) is 19.8 Å². The van der Waals surface area contributed by atoms with Crippen molar-refractivity contribution in [3.63, 3.8) is 0 Å². The Kier molecular flexibility index (Phi) is 6.19. The van der Waals surface area contributed by atoms with Gasteiger partial charge in [0, 0.05) is 23.7 Å². The summed E-state index contributed by atoms with van der Waals surface area (Å²) in [5, 5.41) is 15.4. The predicted molar refractivity (Wildman–Crippen MR) is 138 cm³/mol. The SMILES string of the molecule is COc1cc([N+](=O)[O-])ccc1-n1c(C)cc(C2C(c3ccccn3)NC(=S)N2Cc2ccco2)c1C. The van der Waals surface area contributed by atoms with E-state index >= 15 is 0 Å². The molecule has 0 bridgehead atoms. The Labute approximate surface area is 213 Å². The summed E-state index contributed by atoms with van der Waals surface area (Å²) in [5.74, 6) is 1.23. The molecular formula is C26H25N5O4S. The van der Waals surface area contributed by atoms with Gasteiger partial charge >= 0.3 is 0 Å². The fourth-order valence-corrected chi connectivity index (χ4v) is 5.21. The van der Waals surface area contributed by atoms with Gasteiger partial charge in [-0.05, 0) is 68.0 Å². The quantitative estimate of drug-likeness (QED) is 0.209. The van der Waals surface area contributed by atoms with Crippen molar-refractivity contribution in [3.05, 3.63) is 106 Å². The average molecular weight is 504 g/mol. The van der Waals surface area contributed by atoms with E-state index in [1.54, 1.807) is 18.5 Å². The minimum atomic E-state index is -0.428. The van der Waals surface area contributed by atoms with Gasteiger partial charge in [0.15, 0.2) is 5.11 Å². The van der Waals surface area contributed by atoms with Crippen LogP contribution >= 0.6 is 12.2 Å². The number of thiocarbonyl (C=S) groups is 1. The molecule has 0 amide bonds. The first-order valence-electron chi connectivity index (χ1n) is 11.4. The number of nitrogens with one attached hydrogen (secondary N) is 1. The number of furan rings is 1. The molecule has 184 valence electrons. The molecule has 4 heterocycles. The number of nitro benzene ring substituents is 1. The van der Waals surface area contributed by atoms with Crippen LogP contribution in [0.5, 0.6) is 5.75 Å². The summed E-state index contributed by atoms with van der Waals surface area (Å²) in [4.78, 5) is 17.6. The summed E-state index contributed by atoms with van der Waals surface area (Å²) in [5.41, 5.74) is 4.58. The lowest BCUT2D eigenvalue weighted by Crippen LogP contribution is -2.29. The van der Waals surface area contributed by atoms with E-state index in [-0.39, 0.29) is 17.8 Å². The smallest absolute Gasteiger partial charge is 0.273 e. The largest absolute Gasteiger partial charge is 0.494 e. The third-order valence-electron chi connectivity index (χ3n) is 6.51. The first-order valence-corrected chi connectivity index (χ1v) is 11.8. The highest BCUT2D eigenvalue weighted by Gasteiger charge is 2.41. The van der Waals surface area contributed by atoms with Gasteiger partial charge in [-0.2, -0.15) is 0 Å². The zero-order valence-electron chi connectivity index (χ0n) is 20.0. The Hall–Kier alpha value is -4.18. The van der Waals surface area contributed by atoms with Crippen LogP contribution in [0.15, 0.2) is 71.5 Å². The Morgan fingerprint density at radius 1 is 1.19 bits per heavy atom. The summed E-state index contributed by atoms with van der Waals surface area (Å²) in [6, 6.07) is 16.1. The van der Waals surface area contributed by atoms with Crippen LogP contribution in [0.1, 0.15) is 40.5 Å². The fraction of sp³-hybridized carbons (Fsp3) is 0.231. The molecule has 0 saturated carbocycles. The second kappa shape index (κ2) is 9.46. The maximum atomic E-state index is 11.3. The van der Waals surface area contributed by atoms with Gasteiger partial charge in [0.25, 0.3) is 5.69 Å². The van der Waals surface area contributed by atoms with Gasteiger partial charge < -0.3 is 23.9 Å². The van der Waals surface area contributed by atoms with Crippen LogP contribution < -0.4 is 10.1 Å². The van der Waals surface area contributed by atoms with Gasteiger partial charge in [-0.25, -0.2) is 0 Å². The normalized spacial score (nSPS) is 17.3. The third-order valence-corrected chi connectivity index (χ3v) is 6.86. The van der Waals surface area contributed by atoms with Gasteiger partial charge in [-0.3, -0.25) is 15.1 Å². The number of nitrogens with zero attached hydrogens (tertiary/aromatic N) is 4. The van der Waals surface area contributed by atoms with Gasteiger partial charge in [0.2, 0.25) is 0 Å². The number of nitro groups is 1. The summed E-state index contributed by atoms with van der Waals surface area (Å²) >= 11 is 5.78. The van der Waals surface area contributed by atoms with E-state index in [9.17, 15) is 10.1 Å². The molecule has 1 aromatic carbocycles. The average Bonchev–Trinajstić information content (AvgIpc) is 3.58. The summed E-state index contributed by atoms with van der Waals surface area (Å²) in [7, 11) is 1.51. The zero-order chi connectivity index (χ0) is 25.4. The summed E-state index contributed by atoms with van der Waals surface area (Å²) < 4.78 is 13.2. The number of aryl methyl sites for hydroxylation is 1. The van der Waals surface area contributed by atoms with Crippen LogP contribution in [0.3, 0.4) is 0 Å². The maximum Gasteiger partial charge on any atom is 0.273 e. The molecule has 9 nitrogen and oxygen atoms in total. The van der Waals surface area contributed by atoms with E-state index in [1.165, 1.54) is 19.2 Å². The van der Waals surface area contributed by atoms with Gasteiger partial charge in [0.05, 0.1) is 54.4 Å². The molecule has 1 N–H and O–H groups in total. The van der Waals surface area contributed by atoms with E-state index in [0.29, 0.717) is 17.4 Å². The number of ether oxygens (including phenoxy) is 1. The predicted octanol–water partition coefficient (Wildman–Crippen LogP) is 5.17. The molecule has 0 aliphatic carbocycles. The number of non-ortho nitro benzene ring substituents is 1. The second-order valence-electron chi connectivity index (χ2n) is 8.61. The topological polar surface area (TPSA) is 98.6 Å². The molecule has 0 spiro atoms. The van der Waals surface area contributed by atoms with Crippen molar-refractivity contribution in [2.45, 2.75) is 32.5 Å². The molecule has 3 aromatic heterocycles. The lowest BCUT2D eigenvalue weighted by molar-refractivity contribution is -0.384. The monoisotopic (exact) mass is 503 g/mol. The molecule has 1 aliphatic rings. The Morgan fingerprint density at radius 3 is 2.69 bits per heavy atom. The summed E-state index contributed by atoms with van der Waals surface area (Å²) in [6.45, 7) is 4.53. The number of hydrogen-bond acceptors (Lipinski definition) is 6. The number of hydrogen-bond donors (Lipinski definition) is 1. The number of aromatic nitrogens is 2. The second-order valence-corrected chi connectivity index (χ2v) is 9.00. The highest BCUT2D eigenvalue weighted by Crippen LogP contribution is 2.43. The van der Waals surface area contributed by atoms with Crippen LogP contribution in [0, 0.1) is 24.0 Å². The lowest BCUT2D eigenvalue weighted by Gasteiger charge is -2.27. The molecule has 1 fully saturated rings. The number of methoxy groups -OCH3 is 1. The molecule has 4 aromatic rings. The van der Waals surface area contributed by atoms with E-state index in [1.807, 2.05) is 44.2 Å². The lowest BCUT2D eigenvalue weighted by atomic mass is 9.96. The van der Waals surface area contributed by atoms with Gasteiger partial charge in [-0.15, -0.1) is 0 Å². The van der Waals surface area contributed by atoms with Gasteiger partial charge in [0.1, 0.15) is 11.5 Å². The van der Waals surface area contributed by atoms with Crippen molar-refractivity contribution in [1.29, 1.82) is 0 Å². The Morgan fingerprint density at radius 2 is 2.03 bits per heavy atom. The third kappa shape index (κ3) is 4.09. The molecule has 1 aliphatic heterocycles. The molecule has 0 radical (unpaired) electrons. The van der Waals surface area contributed by atoms with Crippen molar-refractivity contribution in [2.24, 2.45) is 0 Å². The number of pyridine rings is 1.